The van der Waals surface area contributed by atoms with Crippen molar-refractivity contribution < 1.29 is 9.53 Å². The van der Waals surface area contributed by atoms with E-state index in [9.17, 15) is 4.79 Å². The van der Waals surface area contributed by atoms with Gasteiger partial charge in [-0.1, -0.05) is 0 Å². The summed E-state index contributed by atoms with van der Waals surface area (Å²) in [6, 6.07) is 2.03. The fraction of sp³-hybridized carbons (Fsp3) is 0.429. The van der Waals surface area contributed by atoms with Gasteiger partial charge in [0.05, 0.1) is 18.8 Å². The Labute approximate surface area is 140 Å². The average molecular weight is 389 g/mol. The lowest BCUT2D eigenvalue weighted by Crippen LogP contribution is -2.31. The highest BCUT2D eigenvalue weighted by Crippen LogP contribution is 2.29. The molecule has 0 fully saturated rings. The highest BCUT2D eigenvalue weighted by molar-refractivity contribution is 9.10. The maximum atomic E-state index is 12.0. The topological polar surface area (TPSA) is 51.2 Å². The number of halogens is 1. The van der Waals surface area contributed by atoms with E-state index in [1.54, 1.807) is 18.3 Å². The number of ether oxygens (including phenoxy) is 1. The average Bonchev–Trinajstić information content (AvgIpc) is 3.06. The first kappa shape index (κ1) is 16.5. The molecule has 0 amide bonds. The van der Waals surface area contributed by atoms with Crippen molar-refractivity contribution in [1.29, 1.82) is 0 Å². The van der Waals surface area contributed by atoms with Gasteiger partial charge in [-0.15, -0.1) is 22.7 Å². The number of esters is 1. The van der Waals surface area contributed by atoms with E-state index >= 15 is 0 Å². The summed E-state index contributed by atoms with van der Waals surface area (Å²) in [4.78, 5) is 17.7. The molecule has 0 spiro atoms. The molecular formula is C14H17BrN2O2S2. The number of aromatic nitrogens is 1. The highest BCUT2D eigenvalue weighted by atomic mass is 79.9. The zero-order valence-electron chi connectivity index (χ0n) is 12.1. The van der Waals surface area contributed by atoms with E-state index in [4.69, 9.17) is 4.74 Å². The van der Waals surface area contributed by atoms with Crippen LogP contribution in [0.4, 0.5) is 5.13 Å². The minimum absolute atomic E-state index is 0.247. The molecule has 0 saturated heterocycles. The maximum absolute atomic E-state index is 12.0. The Morgan fingerprint density at radius 3 is 2.86 bits per heavy atom. The van der Waals surface area contributed by atoms with Crippen molar-refractivity contribution in [2.75, 3.05) is 11.9 Å². The largest absolute Gasteiger partial charge is 0.465 e. The molecule has 4 nitrogen and oxygen atoms in total. The number of anilines is 1. The third-order valence-electron chi connectivity index (χ3n) is 3.02. The molecule has 1 N–H and O–H groups in total. The lowest BCUT2D eigenvalue weighted by atomic mass is 9.90. The summed E-state index contributed by atoms with van der Waals surface area (Å²) in [6.07, 6.45) is 0. The summed E-state index contributed by atoms with van der Waals surface area (Å²) in [7, 11) is 0. The predicted molar refractivity (Wildman–Crippen MR) is 91.1 cm³/mol. The minimum Gasteiger partial charge on any atom is -0.465 e. The zero-order chi connectivity index (χ0) is 15.5. The van der Waals surface area contributed by atoms with Crippen molar-refractivity contribution in [3.8, 4) is 0 Å². The Bertz CT molecular complexity index is 622. The molecule has 0 atom stereocenters. The van der Waals surface area contributed by atoms with Crippen LogP contribution in [0.3, 0.4) is 0 Å². The molecule has 0 aliphatic rings. The first-order chi connectivity index (χ1) is 9.95. The molecule has 0 aromatic carbocycles. The van der Waals surface area contributed by atoms with Crippen LogP contribution in [0, 0.1) is 0 Å². The molecule has 21 heavy (non-hydrogen) atoms. The summed E-state index contributed by atoms with van der Waals surface area (Å²) in [5.74, 6) is -0.247. The number of thiazole rings is 1. The van der Waals surface area contributed by atoms with E-state index in [0.717, 1.165) is 15.3 Å². The molecule has 2 heterocycles. The number of hydrogen-bond donors (Lipinski definition) is 1. The normalized spacial score (nSPS) is 11.4. The summed E-state index contributed by atoms with van der Waals surface area (Å²) in [5, 5.41) is 8.04. The van der Waals surface area contributed by atoms with Crippen molar-refractivity contribution >= 4 is 49.7 Å². The third-order valence-corrected chi connectivity index (χ3v) is 5.75. The molecular weight excluding hydrogens is 372 g/mol. The van der Waals surface area contributed by atoms with Crippen LogP contribution >= 0.6 is 38.6 Å². The van der Waals surface area contributed by atoms with Crippen molar-refractivity contribution in [1.82, 2.24) is 4.98 Å². The van der Waals surface area contributed by atoms with Crippen LogP contribution in [0.1, 0.15) is 31.3 Å². The van der Waals surface area contributed by atoms with E-state index in [1.165, 1.54) is 16.2 Å². The van der Waals surface area contributed by atoms with Crippen LogP contribution < -0.4 is 5.32 Å². The van der Waals surface area contributed by atoms with Crippen molar-refractivity contribution in [3.63, 3.8) is 0 Å². The number of rotatable bonds is 6. The predicted octanol–water partition coefficient (Wildman–Crippen LogP) is 4.42. The Morgan fingerprint density at radius 2 is 2.24 bits per heavy atom. The lowest BCUT2D eigenvalue weighted by Gasteiger charge is -2.19. The number of nitrogens with one attached hydrogen (secondary N) is 1. The van der Waals surface area contributed by atoms with Crippen LogP contribution in [0.2, 0.25) is 0 Å². The molecule has 7 heteroatoms. The summed E-state index contributed by atoms with van der Waals surface area (Å²) >= 11 is 6.69. The van der Waals surface area contributed by atoms with Gasteiger partial charge < -0.3 is 10.1 Å². The minimum atomic E-state index is -0.726. The van der Waals surface area contributed by atoms with Crippen molar-refractivity contribution in [2.24, 2.45) is 0 Å². The first-order valence-electron chi connectivity index (χ1n) is 6.54. The van der Waals surface area contributed by atoms with Gasteiger partial charge >= 0.3 is 5.97 Å². The van der Waals surface area contributed by atoms with Crippen molar-refractivity contribution in [3.05, 3.63) is 31.9 Å². The lowest BCUT2D eigenvalue weighted by molar-refractivity contribution is -0.148. The Kier molecular flexibility index (Phi) is 5.40. The molecule has 0 radical (unpaired) electrons. The molecule has 0 unspecified atom stereocenters. The first-order valence-corrected chi connectivity index (χ1v) is 9.09. The third kappa shape index (κ3) is 3.84. The van der Waals surface area contributed by atoms with E-state index in [2.05, 4.69) is 26.2 Å². The zero-order valence-corrected chi connectivity index (χ0v) is 15.3. The second kappa shape index (κ2) is 6.89. The monoisotopic (exact) mass is 388 g/mol. The van der Waals surface area contributed by atoms with Crippen LogP contribution in [0.15, 0.2) is 21.3 Å². The van der Waals surface area contributed by atoms with Crippen molar-refractivity contribution in [2.45, 2.75) is 32.7 Å². The second-order valence-corrected chi connectivity index (χ2v) is 7.64. The second-order valence-electron chi connectivity index (χ2n) is 4.93. The standard InChI is InChI=1S/C14H17BrN2O2S2/c1-4-19-12(18)14(2,3)11-8-21-13(17-11)16-7-10-9(15)5-6-20-10/h5-6,8H,4,7H2,1-3H3,(H,16,17). The van der Waals surface area contributed by atoms with Gasteiger partial charge in [-0.2, -0.15) is 0 Å². The number of hydrogen-bond acceptors (Lipinski definition) is 6. The molecule has 114 valence electrons. The highest BCUT2D eigenvalue weighted by Gasteiger charge is 2.33. The summed E-state index contributed by atoms with van der Waals surface area (Å²) in [6.45, 7) is 6.56. The Hall–Kier alpha value is -0.920. The van der Waals surface area contributed by atoms with Crippen LogP contribution in [0.5, 0.6) is 0 Å². The number of carbonyl (C=O) groups is 1. The SMILES string of the molecule is CCOC(=O)C(C)(C)c1csc(NCc2sccc2Br)n1. The molecule has 0 saturated carbocycles. The van der Waals surface area contributed by atoms with Gasteiger partial charge in [-0.3, -0.25) is 4.79 Å². The van der Waals surface area contributed by atoms with Crippen LogP contribution in [0.25, 0.3) is 0 Å². The van der Waals surface area contributed by atoms with Gasteiger partial charge in [0.2, 0.25) is 0 Å². The van der Waals surface area contributed by atoms with Gasteiger partial charge in [-0.05, 0) is 48.1 Å². The molecule has 0 aliphatic carbocycles. The Balaban J connectivity index is 2.04. The van der Waals surface area contributed by atoms with E-state index in [0.29, 0.717) is 13.2 Å². The van der Waals surface area contributed by atoms with Gasteiger partial charge in [-0.25, -0.2) is 4.98 Å². The molecule has 2 aromatic rings. The summed E-state index contributed by atoms with van der Waals surface area (Å²) < 4.78 is 6.21. The summed E-state index contributed by atoms with van der Waals surface area (Å²) in [5.41, 5.74) is 0.00867. The fourth-order valence-corrected chi connectivity index (χ4v) is 3.97. The smallest absolute Gasteiger partial charge is 0.317 e. The number of thiophene rings is 1. The Morgan fingerprint density at radius 1 is 1.48 bits per heavy atom. The van der Waals surface area contributed by atoms with Gasteiger partial charge in [0.1, 0.15) is 5.41 Å². The van der Waals surface area contributed by atoms with Gasteiger partial charge in [0, 0.05) is 14.7 Å². The quantitative estimate of drug-likeness (QED) is 0.744. The van der Waals surface area contributed by atoms with E-state index in [-0.39, 0.29) is 5.97 Å². The van der Waals surface area contributed by atoms with E-state index < -0.39 is 5.41 Å². The maximum Gasteiger partial charge on any atom is 0.317 e. The molecule has 2 aromatic heterocycles. The molecule has 0 aliphatic heterocycles. The molecule has 0 bridgehead atoms. The fourth-order valence-electron chi connectivity index (χ4n) is 1.67. The number of nitrogens with zero attached hydrogens (tertiary/aromatic N) is 1. The van der Waals surface area contributed by atoms with E-state index in [1.807, 2.05) is 30.7 Å². The van der Waals surface area contributed by atoms with Gasteiger partial charge in [0.15, 0.2) is 5.13 Å². The number of carbonyl (C=O) groups excluding carboxylic acids is 1. The molecule has 2 rings (SSSR count). The van der Waals surface area contributed by atoms with Gasteiger partial charge in [0.25, 0.3) is 0 Å². The van der Waals surface area contributed by atoms with Crippen LogP contribution in [-0.2, 0) is 21.5 Å². The van der Waals surface area contributed by atoms with Crippen LogP contribution in [-0.4, -0.2) is 17.6 Å².